The van der Waals surface area contributed by atoms with Gasteiger partial charge in [0.25, 0.3) is 5.91 Å². The minimum atomic E-state index is 0.135. The molecule has 1 saturated heterocycles. The van der Waals surface area contributed by atoms with Gasteiger partial charge in [0.15, 0.2) is 0 Å². The van der Waals surface area contributed by atoms with Crippen LogP contribution in [0.5, 0.6) is 0 Å². The molecule has 1 fully saturated rings. The van der Waals surface area contributed by atoms with Gasteiger partial charge < -0.3 is 4.90 Å². The summed E-state index contributed by atoms with van der Waals surface area (Å²) in [4.78, 5) is 19.7. The standard InChI is InChI=1S/C18H24N4OS2/c1-2-3-15-17(25-20-19-15)18(23)21-8-4-14(5-9-21)22-10-6-16-13(12-22)7-11-24-16/h7,11,14H,2-6,8-10,12H2,1H3. The maximum Gasteiger partial charge on any atom is 0.267 e. The normalized spacial score (nSPS) is 19.2. The average molecular weight is 377 g/mol. The lowest BCUT2D eigenvalue weighted by Crippen LogP contribution is -2.47. The zero-order valence-corrected chi connectivity index (χ0v) is 16.2. The van der Waals surface area contributed by atoms with Gasteiger partial charge in [-0.25, -0.2) is 0 Å². The third kappa shape index (κ3) is 3.50. The number of aromatic nitrogens is 2. The Morgan fingerprint density at radius 1 is 1.32 bits per heavy atom. The molecule has 0 spiro atoms. The van der Waals surface area contributed by atoms with Crippen molar-refractivity contribution in [1.82, 2.24) is 19.4 Å². The molecule has 0 saturated carbocycles. The molecule has 5 nitrogen and oxygen atoms in total. The van der Waals surface area contributed by atoms with Gasteiger partial charge in [0.2, 0.25) is 0 Å². The highest BCUT2D eigenvalue weighted by molar-refractivity contribution is 7.10. The Hall–Kier alpha value is -1.31. The van der Waals surface area contributed by atoms with Crippen LogP contribution in [0.2, 0.25) is 0 Å². The molecule has 2 aliphatic rings. The smallest absolute Gasteiger partial charge is 0.267 e. The molecule has 7 heteroatoms. The first-order valence-electron chi connectivity index (χ1n) is 9.16. The molecular formula is C18H24N4OS2. The summed E-state index contributed by atoms with van der Waals surface area (Å²) in [6.45, 7) is 6.04. The van der Waals surface area contributed by atoms with Crippen LogP contribution in [0.1, 0.15) is 52.0 Å². The van der Waals surface area contributed by atoms with E-state index in [1.165, 1.54) is 23.5 Å². The highest BCUT2D eigenvalue weighted by atomic mass is 32.1. The van der Waals surface area contributed by atoms with E-state index < -0.39 is 0 Å². The number of thiophene rings is 1. The molecule has 0 aromatic carbocycles. The Labute approximate surface area is 156 Å². The quantitative estimate of drug-likeness (QED) is 0.822. The lowest BCUT2D eigenvalue weighted by atomic mass is 9.99. The molecule has 0 bridgehead atoms. The number of nitrogens with zero attached hydrogens (tertiary/aromatic N) is 4. The number of hydrogen-bond acceptors (Lipinski definition) is 6. The van der Waals surface area contributed by atoms with Crippen LogP contribution in [0, 0.1) is 0 Å². The topological polar surface area (TPSA) is 49.3 Å². The summed E-state index contributed by atoms with van der Waals surface area (Å²) in [6, 6.07) is 2.88. The Balaban J connectivity index is 1.35. The van der Waals surface area contributed by atoms with Crippen LogP contribution < -0.4 is 0 Å². The van der Waals surface area contributed by atoms with E-state index in [0.717, 1.165) is 62.4 Å². The molecule has 2 aromatic heterocycles. The predicted octanol–water partition coefficient (Wildman–Crippen LogP) is 3.22. The number of carbonyl (C=O) groups is 1. The lowest BCUT2D eigenvalue weighted by Gasteiger charge is -2.40. The molecule has 134 valence electrons. The van der Waals surface area contributed by atoms with Crippen molar-refractivity contribution < 1.29 is 4.79 Å². The van der Waals surface area contributed by atoms with E-state index in [9.17, 15) is 4.79 Å². The van der Waals surface area contributed by atoms with Gasteiger partial charge in [-0.05, 0) is 54.2 Å². The van der Waals surface area contributed by atoms with Crippen molar-refractivity contribution in [2.75, 3.05) is 19.6 Å². The van der Waals surface area contributed by atoms with E-state index in [1.807, 2.05) is 16.2 Å². The van der Waals surface area contributed by atoms with Gasteiger partial charge in [0, 0.05) is 37.1 Å². The van der Waals surface area contributed by atoms with Crippen molar-refractivity contribution in [3.8, 4) is 0 Å². The number of hydrogen-bond donors (Lipinski definition) is 0. The van der Waals surface area contributed by atoms with E-state index in [2.05, 4.69) is 32.9 Å². The summed E-state index contributed by atoms with van der Waals surface area (Å²) < 4.78 is 4.00. The molecule has 4 heterocycles. The van der Waals surface area contributed by atoms with Crippen molar-refractivity contribution in [3.05, 3.63) is 32.5 Å². The van der Waals surface area contributed by atoms with Crippen LogP contribution in [0.25, 0.3) is 0 Å². The zero-order chi connectivity index (χ0) is 17.2. The minimum absolute atomic E-state index is 0.135. The van der Waals surface area contributed by atoms with Gasteiger partial charge in [-0.15, -0.1) is 16.4 Å². The van der Waals surface area contributed by atoms with E-state index in [-0.39, 0.29) is 5.91 Å². The maximum atomic E-state index is 12.8. The fourth-order valence-electron chi connectivity index (χ4n) is 3.93. The highest BCUT2D eigenvalue weighted by Crippen LogP contribution is 2.28. The molecule has 0 N–H and O–H groups in total. The monoisotopic (exact) mass is 376 g/mol. The first kappa shape index (κ1) is 17.1. The molecule has 4 rings (SSSR count). The Morgan fingerprint density at radius 3 is 2.96 bits per heavy atom. The second-order valence-corrected chi connectivity index (χ2v) is 8.67. The van der Waals surface area contributed by atoms with Gasteiger partial charge in [-0.2, -0.15) is 0 Å². The third-order valence-corrected chi connectivity index (χ3v) is 7.12. The number of carbonyl (C=O) groups excluding carboxylic acids is 1. The number of likely N-dealkylation sites (tertiary alicyclic amines) is 1. The first-order valence-corrected chi connectivity index (χ1v) is 10.8. The molecule has 1 amide bonds. The van der Waals surface area contributed by atoms with Crippen molar-refractivity contribution in [3.63, 3.8) is 0 Å². The fourth-order valence-corrected chi connectivity index (χ4v) is 5.50. The number of piperidine rings is 1. The van der Waals surface area contributed by atoms with E-state index in [4.69, 9.17) is 0 Å². The van der Waals surface area contributed by atoms with E-state index in [1.54, 1.807) is 4.88 Å². The summed E-state index contributed by atoms with van der Waals surface area (Å²) in [5.41, 5.74) is 2.38. The minimum Gasteiger partial charge on any atom is -0.338 e. The fraction of sp³-hybridized carbons (Fsp3) is 0.611. The van der Waals surface area contributed by atoms with Crippen molar-refractivity contribution in [1.29, 1.82) is 0 Å². The number of fused-ring (bicyclic) bond motifs is 1. The van der Waals surface area contributed by atoms with Crippen LogP contribution in [0.4, 0.5) is 0 Å². The average Bonchev–Trinajstić information content (AvgIpc) is 3.30. The number of amides is 1. The van der Waals surface area contributed by atoms with Crippen LogP contribution in [0.15, 0.2) is 11.4 Å². The van der Waals surface area contributed by atoms with Crippen LogP contribution in [-0.2, 0) is 19.4 Å². The summed E-state index contributed by atoms with van der Waals surface area (Å²) in [5.74, 6) is 0.135. The Bertz CT molecular complexity index is 733. The highest BCUT2D eigenvalue weighted by Gasteiger charge is 2.31. The molecular weight excluding hydrogens is 352 g/mol. The molecule has 0 unspecified atom stereocenters. The van der Waals surface area contributed by atoms with Crippen molar-refractivity contribution >= 4 is 28.8 Å². The zero-order valence-electron chi connectivity index (χ0n) is 14.6. The summed E-state index contributed by atoms with van der Waals surface area (Å²) in [5, 5.41) is 6.35. The van der Waals surface area contributed by atoms with Gasteiger partial charge in [0.05, 0.1) is 5.69 Å². The van der Waals surface area contributed by atoms with Crippen LogP contribution in [-0.4, -0.2) is 51.0 Å². The maximum absolute atomic E-state index is 12.8. The van der Waals surface area contributed by atoms with Crippen LogP contribution >= 0.6 is 22.9 Å². The van der Waals surface area contributed by atoms with Gasteiger partial charge in [0.1, 0.15) is 4.88 Å². The van der Waals surface area contributed by atoms with Crippen molar-refractivity contribution in [2.45, 2.75) is 51.6 Å². The molecule has 0 aliphatic carbocycles. The summed E-state index contributed by atoms with van der Waals surface area (Å²) in [7, 11) is 0. The summed E-state index contributed by atoms with van der Waals surface area (Å²) >= 11 is 3.14. The number of rotatable bonds is 4. The van der Waals surface area contributed by atoms with Crippen LogP contribution in [0.3, 0.4) is 0 Å². The van der Waals surface area contributed by atoms with Crippen molar-refractivity contribution in [2.24, 2.45) is 0 Å². The Morgan fingerprint density at radius 2 is 2.16 bits per heavy atom. The Kier molecular flexibility index (Phi) is 5.15. The second-order valence-electron chi connectivity index (χ2n) is 6.91. The van der Waals surface area contributed by atoms with Gasteiger partial charge in [-0.1, -0.05) is 17.8 Å². The molecule has 2 aromatic rings. The van der Waals surface area contributed by atoms with E-state index in [0.29, 0.717) is 6.04 Å². The molecule has 2 aliphatic heterocycles. The molecule has 0 atom stereocenters. The molecule has 0 radical (unpaired) electrons. The first-order chi connectivity index (χ1) is 12.3. The van der Waals surface area contributed by atoms with Gasteiger partial charge in [-0.3, -0.25) is 9.69 Å². The predicted molar refractivity (Wildman–Crippen MR) is 101 cm³/mol. The summed E-state index contributed by atoms with van der Waals surface area (Å²) in [6.07, 6.45) is 5.15. The lowest BCUT2D eigenvalue weighted by molar-refractivity contribution is 0.0603. The third-order valence-electron chi connectivity index (χ3n) is 5.34. The largest absolute Gasteiger partial charge is 0.338 e. The van der Waals surface area contributed by atoms with E-state index >= 15 is 0 Å². The molecule has 25 heavy (non-hydrogen) atoms. The number of aryl methyl sites for hydroxylation is 1. The second kappa shape index (κ2) is 7.51. The SMILES string of the molecule is CCCc1nnsc1C(=O)N1CCC(N2CCc3sccc3C2)CC1. The van der Waals surface area contributed by atoms with Gasteiger partial charge >= 0.3 is 0 Å².